The molecule has 2 aliphatic rings. The van der Waals surface area contributed by atoms with Crippen molar-refractivity contribution < 1.29 is 46.1 Å². The van der Waals surface area contributed by atoms with E-state index >= 15 is 0 Å². The Morgan fingerprint density at radius 1 is 1.09 bits per heavy atom. The quantitative estimate of drug-likeness (QED) is 0.527. The minimum absolute atomic E-state index is 0.0880. The van der Waals surface area contributed by atoms with Gasteiger partial charge in [-0.15, -0.1) is 0 Å². The lowest BCUT2D eigenvalue weighted by atomic mass is 9.60. The molecule has 0 spiro atoms. The fourth-order valence-corrected chi connectivity index (χ4v) is 6.09. The van der Waals surface area contributed by atoms with Crippen LogP contribution >= 0.6 is 15.9 Å². The molecule has 34 heavy (non-hydrogen) atoms. The third-order valence-corrected chi connectivity index (χ3v) is 8.40. The van der Waals surface area contributed by atoms with Gasteiger partial charge in [-0.3, -0.25) is 13.9 Å². The smallest absolute Gasteiger partial charge is 0.416 e. The van der Waals surface area contributed by atoms with Crippen molar-refractivity contribution in [3.8, 4) is 5.75 Å². The first-order valence-corrected chi connectivity index (χ1v) is 12.1. The van der Waals surface area contributed by atoms with Crippen molar-refractivity contribution in [3.63, 3.8) is 0 Å². The molecule has 4 rings (SSSR count). The molecule has 1 aliphatic carbocycles. The number of carboxylic acid groups (broad SMARTS) is 2. The summed E-state index contributed by atoms with van der Waals surface area (Å²) < 4.78 is 73.8. The van der Waals surface area contributed by atoms with Crippen molar-refractivity contribution in [1.29, 1.82) is 0 Å². The second kappa shape index (κ2) is 8.15. The molecular formula is C21H17BrF3NO7S. The number of nitrogens with zero attached hydrogens (tertiary/aromatic N) is 1. The average molecular weight is 564 g/mol. The van der Waals surface area contributed by atoms with E-state index in [-0.39, 0.29) is 30.8 Å². The summed E-state index contributed by atoms with van der Waals surface area (Å²) >= 11 is 3.24. The Hall–Kier alpha value is -2.80. The van der Waals surface area contributed by atoms with E-state index in [1.165, 1.54) is 12.1 Å². The number of carboxylic acids is 2. The largest absolute Gasteiger partial charge is 0.486 e. The highest BCUT2D eigenvalue weighted by Crippen LogP contribution is 2.51. The van der Waals surface area contributed by atoms with Crippen LogP contribution < -0.4 is 9.04 Å². The van der Waals surface area contributed by atoms with Gasteiger partial charge in [0, 0.05) is 10.4 Å². The van der Waals surface area contributed by atoms with E-state index in [4.69, 9.17) is 4.74 Å². The first kappa shape index (κ1) is 24.3. The molecule has 182 valence electrons. The highest BCUT2D eigenvalue weighted by atomic mass is 79.9. The lowest BCUT2D eigenvalue weighted by Gasteiger charge is -2.47. The molecule has 1 aliphatic heterocycles. The van der Waals surface area contributed by atoms with Crippen molar-refractivity contribution in [2.45, 2.75) is 30.0 Å². The Balaban J connectivity index is 1.72. The summed E-state index contributed by atoms with van der Waals surface area (Å²) in [5.41, 5.74) is -3.02. The summed E-state index contributed by atoms with van der Waals surface area (Å²) in [5.74, 6) is -3.46. The van der Waals surface area contributed by atoms with Gasteiger partial charge in [-0.2, -0.15) is 13.2 Å². The lowest BCUT2D eigenvalue weighted by Crippen LogP contribution is -2.57. The maximum absolute atomic E-state index is 13.5. The van der Waals surface area contributed by atoms with E-state index in [1.54, 1.807) is 6.07 Å². The molecule has 2 aromatic rings. The summed E-state index contributed by atoms with van der Waals surface area (Å²) in [5, 5.41) is 18.7. The number of rotatable bonds is 5. The van der Waals surface area contributed by atoms with Crippen LogP contribution in [-0.2, 0) is 25.8 Å². The van der Waals surface area contributed by atoms with Crippen LogP contribution in [0.3, 0.4) is 0 Å². The lowest BCUT2D eigenvalue weighted by molar-refractivity contribution is -0.178. The molecule has 0 bridgehead atoms. The molecule has 0 saturated heterocycles. The Kier molecular flexibility index (Phi) is 5.83. The number of sulfonamides is 1. The van der Waals surface area contributed by atoms with Crippen molar-refractivity contribution >= 4 is 43.6 Å². The molecule has 1 atom stereocenters. The van der Waals surface area contributed by atoms with E-state index < -0.39 is 56.0 Å². The van der Waals surface area contributed by atoms with Crippen LogP contribution in [0.4, 0.5) is 18.9 Å². The van der Waals surface area contributed by atoms with Gasteiger partial charge >= 0.3 is 18.1 Å². The fourth-order valence-electron chi connectivity index (χ4n) is 4.22. The van der Waals surface area contributed by atoms with E-state index in [2.05, 4.69) is 15.9 Å². The van der Waals surface area contributed by atoms with E-state index in [0.717, 1.165) is 22.5 Å². The average Bonchev–Trinajstić information content (AvgIpc) is 2.71. The van der Waals surface area contributed by atoms with Crippen molar-refractivity contribution in [1.82, 2.24) is 0 Å². The summed E-state index contributed by atoms with van der Waals surface area (Å²) in [4.78, 5) is 22.4. The van der Waals surface area contributed by atoms with Gasteiger partial charge in [-0.05, 0) is 49.2 Å². The third-order valence-electron chi connectivity index (χ3n) is 6.13. The normalized spacial score (nSPS) is 20.1. The van der Waals surface area contributed by atoms with E-state index in [9.17, 15) is 41.4 Å². The van der Waals surface area contributed by atoms with Crippen molar-refractivity contribution in [3.05, 3.63) is 52.5 Å². The number of alkyl halides is 3. The van der Waals surface area contributed by atoms with E-state index in [1.807, 2.05) is 0 Å². The monoisotopic (exact) mass is 563 g/mol. The highest BCUT2D eigenvalue weighted by Gasteiger charge is 2.60. The van der Waals surface area contributed by atoms with Crippen LogP contribution in [0.25, 0.3) is 0 Å². The molecule has 0 radical (unpaired) electrons. The number of halogens is 4. The van der Waals surface area contributed by atoms with Crippen LogP contribution in [0.2, 0.25) is 0 Å². The number of fused-ring (bicyclic) bond motifs is 1. The van der Waals surface area contributed by atoms with E-state index in [0.29, 0.717) is 10.5 Å². The molecule has 13 heteroatoms. The SMILES string of the molecule is O=C(O)C1(C(=O)O)CC(C2CN(S(=O)(=O)c3cccc(C(F)(F)F)c3)c3cc(Br)ccc3O2)C1. The molecule has 1 heterocycles. The topological polar surface area (TPSA) is 121 Å². The number of ether oxygens (including phenoxy) is 1. The molecule has 1 saturated carbocycles. The molecule has 2 aromatic carbocycles. The minimum Gasteiger partial charge on any atom is -0.486 e. The minimum atomic E-state index is -4.75. The summed E-state index contributed by atoms with van der Waals surface area (Å²) in [6.07, 6.45) is -6.19. The summed E-state index contributed by atoms with van der Waals surface area (Å²) in [6.45, 7) is -0.331. The molecule has 0 amide bonds. The van der Waals surface area contributed by atoms with Gasteiger partial charge in [0.1, 0.15) is 11.9 Å². The zero-order chi connectivity index (χ0) is 25.1. The van der Waals surface area contributed by atoms with Crippen LogP contribution in [0, 0.1) is 11.3 Å². The molecule has 1 fully saturated rings. The highest BCUT2D eigenvalue weighted by molar-refractivity contribution is 9.10. The Morgan fingerprint density at radius 3 is 2.32 bits per heavy atom. The summed E-state index contributed by atoms with van der Waals surface area (Å²) in [7, 11) is -4.49. The van der Waals surface area contributed by atoms with Gasteiger partial charge in [-0.1, -0.05) is 22.0 Å². The Morgan fingerprint density at radius 2 is 1.74 bits per heavy atom. The molecule has 1 unspecified atom stereocenters. The van der Waals surface area contributed by atoms with Crippen molar-refractivity contribution in [2.24, 2.45) is 11.3 Å². The van der Waals surface area contributed by atoms with Crippen molar-refractivity contribution in [2.75, 3.05) is 10.8 Å². The number of hydrogen-bond donors (Lipinski definition) is 2. The number of aliphatic carboxylic acids is 2. The Bertz CT molecular complexity index is 1260. The third kappa shape index (κ3) is 4.00. The van der Waals surface area contributed by atoms with Crippen LogP contribution in [0.5, 0.6) is 5.75 Å². The van der Waals surface area contributed by atoms with Gasteiger partial charge in [0.05, 0.1) is 22.7 Å². The predicted octanol–water partition coefficient (Wildman–Crippen LogP) is 3.99. The number of anilines is 1. The molecule has 0 aromatic heterocycles. The van der Waals surface area contributed by atoms with Crippen LogP contribution in [-0.4, -0.2) is 43.2 Å². The van der Waals surface area contributed by atoms with Gasteiger partial charge in [0.25, 0.3) is 10.0 Å². The predicted molar refractivity (Wildman–Crippen MR) is 115 cm³/mol. The fraction of sp³-hybridized carbons (Fsp3) is 0.333. The summed E-state index contributed by atoms with van der Waals surface area (Å²) in [6, 6.07) is 7.84. The van der Waals surface area contributed by atoms with Gasteiger partial charge in [0.2, 0.25) is 0 Å². The molecule has 8 nitrogen and oxygen atoms in total. The second-order valence-electron chi connectivity index (χ2n) is 8.19. The molecule has 2 N–H and O–H groups in total. The van der Waals surface area contributed by atoms with Gasteiger partial charge in [0.15, 0.2) is 5.41 Å². The van der Waals surface area contributed by atoms with Crippen LogP contribution in [0.15, 0.2) is 51.8 Å². The Labute approximate surface area is 200 Å². The number of hydrogen-bond acceptors (Lipinski definition) is 5. The van der Waals surface area contributed by atoms with Gasteiger partial charge in [-0.25, -0.2) is 8.42 Å². The van der Waals surface area contributed by atoms with Gasteiger partial charge < -0.3 is 14.9 Å². The standard InChI is InChI=1S/C21H17BrF3NO7S/c22-13-4-5-16-15(7-13)26(34(31,32)14-3-1-2-12(6-14)21(23,24)25)10-17(33-16)11-8-20(9-11,18(27)28)19(29)30/h1-7,11,17H,8-10H2,(H,27,28)(H,29,30). The number of carbonyl (C=O) groups is 2. The zero-order valence-electron chi connectivity index (χ0n) is 17.1. The maximum Gasteiger partial charge on any atom is 0.416 e. The zero-order valence-corrected chi connectivity index (χ0v) is 19.5. The molecular weight excluding hydrogens is 547 g/mol. The second-order valence-corrected chi connectivity index (χ2v) is 11.0. The first-order valence-electron chi connectivity index (χ1n) is 9.89. The first-order chi connectivity index (χ1) is 15.8. The maximum atomic E-state index is 13.5. The number of benzene rings is 2. The van der Waals surface area contributed by atoms with Crippen LogP contribution in [0.1, 0.15) is 18.4 Å².